The molecule has 0 aliphatic heterocycles. The van der Waals surface area contributed by atoms with E-state index in [-0.39, 0.29) is 5.03 Å². The average molecular weight is 223 g/mol. The van der Waals surface area contributed by atoms with Gasteiger partial charge >= 0.3 is 7.76 Å². The largest absolute Gasteiger partial charge is 0.427 e. The van der Waals surface area contributed by atoms with Crippen molar-refractivity contribution in [3.8, 4) is 0 Å². The van der Waals surface area contributed by atoms with Gasteiger partial charge in [-0.25, -0.2) is 4.57 Å². The van der Waals surface area contributed by atoms with Crippen LogP contribution in [0.15, 0.2) is 36.1 Å². The zero-order valence-electron chi connectivity index (χ0n) is 6.45. The molecule has 0 saturated carbocycles. The highest BCUT2D eigenvalue weighted by atomic mass is 35.5. The lowest BCUT2D eigenvalue weighted by Crippen LogP contribution is -1.73. The van der Waals surface area contributed by atoms with Gasteiger partial charge in [-0.1, -0.05) is 41.9 Å². The van der Waals surface area contributed by atoms with Gasteiger partial charge in [-0.15, -0.1) is 8.39 Å². The molecule has 1 aromatic rings. The Morgan fingerprint density at radius 3 is 2.31 bits per heavy atom. The number of halogens is 3. The number of benzene rings is 1. The van der Waals surface area contributed by atoms with Crippen LogP contribution in [0, 0.1) is 0 Å². The molecule has 0 amide bonds. The highest BCUT2D eigenvalue weighted by Crippen LogP contribution is 2.53. The van der Waals surface area contributed by atoms with E-state index in [1.165, 1.54) is 0 Å². The Kier molecular flexibility index (Phi) is 3.23. The number of hydrogen-bond donors (Lipinski definition) is 0. The van der Waals surface area contributed by atoms with Crippen LogP contribution in [0.3, 0.4) is 0 Å². The van der Waals surface area contributed by atoms with Crippen LogP contribution in [0.25, 0.3) is 5.03 Å². The SMILES string of the molecule is O=P(F)(F)/C=C(\Cl)c1ccccc1. The lowest BCUT2D eigenvalue weighted by Gasteiger charge is -1.97. The fourth-order valence-electron chi connectivity index (χ4n) is 0.804. The predicted octanol–water partition coefficient (Wildman–Crippen LogP) is 4.36. The number of hydrogen-bond acceptors (Lipinski definition) is 1. The van der Waals surface area contributed by atoms with Crippen molar-refractivity contribution >= 4 is 24.4 Å². The molecule has 0 unspecified atom stereocenters. The third-order valence-electron chi connectivity index (χ3n) is 1.31. The molecule has 1 aromatic carbocycles. The molecule has 0 saturated heterocycles. The van der Waals surface area contributed by atoms with Crippen LogP contribution in [0.4, 0.5) is 8.39 Å². The van der Waals surface area contributed by atoms with Gasteiger partial charge in [-0.3, -0.25) is 0 Å². The lowest BCUT2D eigenvalue weighted by atomic mass is 10.2. The molecule has 70 valence electrons. The fraction of sp³-hybridized carbons (Fsp3) is 0. The third kappa shape index (κ3) is 3.71. The van der Waals surface area contributed by atoms with Crippen LogP contribution in [0.2, 0.25) is 0 Å². The molecule has 1 rings (SSSR count). The van der Waals surface area contributed by atoms with Crippen molar-refractivity contribution in [3.05, 3.63) is 41.7 Å². The topological polar surface area (TPSA) is 17.1 Å². The Hall–Kier alpha value is -0.660. The van der Waals surface area contributed by atoms with Gasteiger partial charge in [-0.2, -0.15) is 0 Å². The molecule has 13 heavy (non-hydrogen) atoms. The van der Waals surface area contributed by atoms with Crippen LogP contribution in [0.5, 0.6) is 0 Å². The zero-order chi connectivity index (χ0) is 9.90. The molecule has 0 fully saturated rings. The molecule has 5 heteroatoms. The van der Waals surface area contributed by atoms with E-state index in [0.29, 0.717) is 11.4 Å². The predicted molar refractivity (Wildman–Crippen MR) is 50.1 cm³/mol. The first-order valence-electron chi connectivity index (χ1n) is 3.42. The molecule has 1 nitrogen and oxygen atoms in total. The minimum absolute atomic E-state index is 0.186. The third-order valence-corrected chi connectivity index (χ3v) is 2.35. The van der Waals surface area contributed by atoms with E-state index in [1.54, 1.807) is 30.3 Å². The van der Waals surface area contributed by atoms with E-state index >= 15 is 0 Å². The Labute approximate surface area is 79.6 Å². The van der Waals surface area contributed by atoms with Gasteiger partial charge in [0.25, 0.3) is 0 Å². The molecule has 0 heterocycles. The zero-order valence-corrected chi connectivity index (χ0v) is 8.10. The summed E-state index contributed by atoms with van der Waals surface area (Å²) in [5, 5.41) is -0.186. The summed E-state index contributed by atoms with van der Waals surface area (Å²) < 4.78 is 34.2. The molecular weight excluding hydrogens is 217 g/mol. The Morgan fingerprint density at radius 2 is 1.85 bits per heavy atom. The van der Waals surface area contributed by atoms with Gasteiger partial charge in [0.2, 0.25) is 0 Å². The van der Waals surface area contributed by atoms with E-state index in [4.69, 9.17) is 11.6 Å². The van der Waals surface area contributed by atoms with E-state index in [9.17, 15) is 13.0 Å². The summed E-state index contributed by atoms with van der Waals surface area (Å²) in [5.41, 5.74) is 0.430. The Balaban J connectivity index is 2.99. The highest BCUT2D eigenvalue weighted by Gasteiger charge is 2.15. The van der Waals surface area contributed by atoms with Gasteiger partial charge < -0.3 is 0 Å². The van der Waals surface area contributed by atoms with Crippen LogP contribution >= 0.6 is 19.4 Å². The Morgan fingerprint density at radius 1 is 1.31 bits per heavy atom. The van der Waals surface area contributed by atoms with Crippen LogP contribution < -0.4 is 0 Å². The molecule has 0 aliphatic rings. The molecule has 0 spiro atoms. The van der Waals surface area contributed by atoms with Crippen molar-refractivity contribution in [1.82, 2.24) is 0 Å². The molecule has 0 aromatic heterocycles. The maximum absolute atomic E-state index is 12.1. The van der Waals surface area contributed by atoms with E-state index in [2.05, 4.69) is 0 Å². The van der Waals surface area contributed by atoms with E-state index in [1.807, 2.05) is 0 Å². The first-order valence-corrected chi connectivity index (χ1v) is 5.35. The van der Waals surface area contributed by atoms with Crippen molar-refractivity contribution in [1.29, 1.82) is 0 Å². The van der Waals surface area contributed by atoms with Crippen LogP contribution in [-0.4, -0.2) is 0 Å². The summed E-state index contributed by atoms with van der Waals surface area (Å²) in [5.74, 6) is 0.296. The van der Waals surface area contributed by atoms with Gasteiger partial charge in [0.15, 0.2) is 0 Å². The van der Waals surface area contributed by atoms with Crippen LogP contribution in [-0.2, 0) is 4.57 Å². The first kappa shape index (κ1) is 10.4. The Bertz CT molecular complexity index is 358. The van der Waals surface area contributed by atoms with E-state index < -0.39 is 7.76 Å². The molecule has 0 bridgehead atoms. The smallest absolute Gasteiger partial charge is 0.245 e. The lowest BCUT2D eigenvalue weighted by molar-refractivity contribution is 0.506. The minimum Gasteiger partial charge on any atom is -0.245 e. The summed E-state index contributed by atoms with van der Waals surface area (Å²) in [6, 6.07) is 8.18. The molecule has 0 aliphatic carbocycles. The highest BCUT2D eigenvalue weighted by molar-refractivity contribution is 7.56. The average Bonchev–Trinajstić information content (AvgIpc) is 2.03. The normalized spacial score (nSPS) is 13.0. The second-order valence-electron chi connectivity index (χ2n) is 2.35. The maximum atomic E-state index is 12.1. The van der Waals surface area contributed by atoms with Gasteiger partial charge in [-0.05, 0) is 5.56 Å². The van der Waals surface area contributed by atoms with Crippen molar-refractivity contribution in [3.63, 3.8) is 0 Å². The second kappa shape index (κ2) is 4.03. The van der Waals surface area contributed by atoms with Crippen LogP contribution in [0.1, 0.15) is 5.56 Å². The van der Waals surface area contributed by atoms with Gasteiger partial charge in [0, 0.05) is 0 Å². The summed E-state index contributed by atoms with van der Waals surface area (Å²) in [4.78, 5) is 0. The van der Waals surface area contributed by atoms with E-state index in [0.717, 1.165) is 0 Å². The van der Waals surface area contributed by atoms with Gasteiger partial charge in [0.1, 0.15) is 0 Å². The second-order valence-corrected chi connectivity index (χ2v) is 4.02. The van der Waals surface area contributed by atoms with Gasteiger partial charge in [0.05, 0.1) is 10.8 Å². The standard InChI is InChI=1S/C8H6ClF2OP/c9-8(6-13(10,11)12)7-4-2-1-3-5-7/h1-6H/b8-6-. The molecule has 0 N–H and O–H groups in total. The van der Waals surface area contributed by atoms with Crippen molar-refractivity contribution in [2.24, 2.45) is 0 Å². The summed E-state index contributed by atoms with van der Waals surface area (Å²) in [6.45, 7) is 0. The first-order chi connectivity index (χ1) is 5.99. The fourth-order valence-corrected chi connectivity index (χ4v) is 1.68. The summed E-state index contributed by atoms with van der Waals surface area (Å²) >= 11 is 5.50. The minimum atomic E-state index is -5.18. The summed E-state index contributed by atoms with van der Waals surface area (Å²) in [7, 11) is -5.18. The number of rotatable bonds is 2. The van der Waals surface area contributed by atoms with Crippen molar-refractivity contribution < 1.29 is 13.0 Å². The van der Waals surface area contributed by atoms with Crippen molar-refractivity contribution in [2.75, 3.05) is 0 Å². The quantitative estimate of drug-likeness (QED) is 0.680. The monoisotopic (exact) mass is 222 g/mol. The molecule has 0 radical (unpaired) electrons. The summed E-state index contributed by atoms with van der Waals surface area (Å²) in [6.07, 6.45) is 0. The maximum Gasteiger partial charge on any atom is 0.427 e. The van der Waals surface area contributed by atoms with Crippen molar-refractivity contribution in [2.45, 2.75) is 0 Å². The molecule has 0 atom stereocenters. The molecular formula is C8H6ClF2OP.